The van der Waals surface area contributed by atoms with Crippen molar-refractivity contribution < 1.29 is 9.90 Å². The Morgan fingerprint density at radius 2 is 2.09 bits per heavy atom. The highest BCUT2D eigenvalue weighted by molar-refractivity contribution is 5.60. The van der Waals surface area contributed by atoms with Gasteiger partial charge < -0.3 is 9.90 Å². The van der Waals surface area contributed by atoms with Gasteiger partial charge in [0.2, 0.25) is 0 Å². The Morgan fingerprint density at radius 1 is 1.55 bits per heavy atom. The van der Waals surface area contributed by atoms with E-state index in [1.807, 2.05) is 0 Å². The third-order valence-corrected chi connectivity index (χ3v) is 1.72. The largest absolute Gasteiger partial charge is 0.383 e. The molecule has 0 aromatic carbocycles. The van der Waals surface area contributed by atoms with Gasteiger partial charge in [0.05, 0.1) is 0 Å². The molecule has 0 aliphatic carbocycles. The quantitative estimate of drug-likeness (QED) is 0.619. The fourth-order valence-electron chi connectivity index (χ4n) is 0.927. The molecule has 0 saturated heterocycles. The molecule has 0 spiro atoms. The molecule has 0 unspecified atom stereocenters. The van der Waals surface area contributed by atoms with E-state index in [2.05, 4.69) is 13.8 Å². The highest BCUT2D eigenvalue weighted by Crippen LogP contribution is 2.13. The Bertz CT molecular complexity index is 117. The number of aldehydes is 1. The normalized spacial score (nSPS) is 16.5. The Morgan fingerprint density at radius 3 is 2.45 bits per heavy atom. The van der Waals surface area contributed by atoms with Crippen molar-refractivity contribution in [3.05, 3.63) is 0 Å². The third-order valence-electron chi connectivity index (χ3n) is 1.72. The molecule has 11 heavy (non-hydrogen) atoms. The van der Waals surface area contributed by atoms with Crippen molar-refractivity contribution in [2.24, 2.45) is 5.92 Å². The lowest BCUT2D eigenvalue weighted by molar-refractivity contribution is -0.123. The van der Waals surface area contributed by atoms with Gasteiger partial charge in [-0.2, -0.15) is 0 Å². The standard InChI is InChI=1S/C9H18O2/c1-8(2)5-4-6-9(3,11)7-10/h7-8,11H,4-6H2,1-3H3/t9-/m0/s1. The summed E-state index contributed by atoms with van der Waals surface area (Å²) in [6.45, 7) is 5.82. The SMILES string of the molecule is CC(C)CCC[C@](C)(O)C=O. The summed E-state index contributed by atoms with van der Waals surface area (Å²) in [5.74, 6) is 0.650. The molecule has 0 bridgehead atoms. The van der Waals surface area contributed by atoms with Crippen molar-refractivity contribution in [3.8, 4) is 0 Å². The monoisotopic (exact) mass is 158 g/mol. The lowest BCUT2D eigenvalue weighted by Gasteiger charge is -2.15. The summed E-state index contributed by atoms with van der Waals surface area (Å²) in [6, 6.07) is 0. The number of carbonyl (C=O) groups excluding carboxylic acids is 1. The summed E-state index contributed by atoms with van der Waals surface area (Å²) in [4.78, 5) is 10.3. The van der Waals surface area contributed by atoms with Crippen LogP contribution in [0.1, 0.15) is 40.0 Å². The van der Waals surface area contributed by atoms with E-state index in [-0.39, 0.29) is 0 Å². The van der Waals surface area contributed by atoms with Crippen LogP contribution in [0, 0.1) is 5.92 Å². The van der Waals surface area contributed by atoms with E-state index in [4.69, 9.17) is 0 Å². The average molecular weight is 158 g/mol. The van der Waals surface area contributed by atoms with E-state index >= 15 is 0 Å². The van der Waals surface area contributed by atoms with Crippen LogP contribution in [0.5, 0.6) is 0 Å². The maximum absolute atomic E-state index is 10.3. The van der Waals surface area contributed by atoms with Gasteiger partial charge in [0.15, 0.2) is 6.29 Å². The van der Waals surface area contributed by atoms with Crippen LogP contribution >= 0.6 is 0 Å². The molecular weight excluding hydrogens is 140 g/mol. The summed E-state index contributed by atoms with van der Waals surface area (Å²) in [5, 5.41) is 9.27. The lowest BCUT2D eigenvalue weighted by atomic mass is 9.97. The first kappa shape index (κ1) is 10.6. The molecule has 0 saturated carbocycles. The van der Waals surface area contributed by atoms with Crippen molar-refractivity contribution in [1.82, 2.24) is 0 Å². The smallest absolute Gasteiger partial charge is 0.151 e. The van der Waals surface area contributed by atoms with Crippen LogP contribution in [0.4, 0.5) is 0 Å². The molecule has 0 fully saturated rings. The lowest BCUT2D eigenvalue weighted by Crippen LogP contribution is -2.25. The van der Waals surface area contributed by atoms with Gasteiger partial charge in [-0.25, -0.2) is 0 Å². The molecule has 0 radical (unpaired) electrons. The molecule has 0 rings (SSSR count). The van der Waals surface area contributed by atoms with Crippen molar-refractivity contribution in [3.63, 3.8) is 0 Å². The highest BCUT2D eigenvalue weighted by Gasteiger charge is 2.17. The van der Waals surface area contributed by atoms with Gasteiger partial charge in [-0.05, 0) is 25.7 Å². The molecule has 0 aliphatic heterocycles. The summed E-state index contributed by atoms with van der Waals surface area (Å²) in [7, 11) is 0. The Kier molecular flexibility index (Phi) is 4.34. The Balaban J connectivity index is 3.45. The van der Waals surface area contributed by atoms with E-state index in [0.717, 1.165) is 12.8 Å². The molecular formula is C9H18O2. The van der Waals surface area contributed by atoms with Gasteiger partial charge in [0.1, 0.15) is 5.60 Å². The zero-order valence-electron chi connectivity index (χ0n) is 7.63. The van der Waals surface area contributed by atoms with Gasteiger partial charge in [0.25, 0.3) is 0 Å². The van der Waals surface area contributed by atoms with Crippen molar-refractivity contribution in [1.29, 1.82) is 0 Å². The first-order chi connectivity index (χ1) is 4.98. The second kappa shape index (κ2) is 4.50. The molecule has 2 heteroatoms. The molecule has 66 valence electrons. The third kappa shape index (κ3) is 6.05. The minimum atomic E-state index is -1.10. The molecule has 0 aromatic heterocycles. The van der Waals surface area contributed by atoms with Crippen LogP contribution in [0.2, 0.25) is 0 Å². The summed E-state index contributed by atoms with van der Waals surface area (Å²) < 4.78 is 0. The maximum Gasteiger partial charge on any atom is 0.151 e. The fourth-order valence-corrected chi connectivity index (χ4v) is 0.927. The number of hydrogen-bond donors (Lipinski definition) is 1. The van der Waals surface area contributed by atoms with E-state index in [1.165, 1.54) is 0 Å². The van der Waals surface area contributed by atoms with Crippen molar-refractivity contribution >= 4 is 6.29 Å². The second-order valence-corrected chi connectivity index (χ2v) is 3.76. The molecule has 1 atom stereocenters. The second-order valence-electron chi connectivity index (χ2n) is 3.76. The number of hydrogen-bond acceptors (Lipinski definition) is 2. The van der Waals surface area contributed by atoms with Gasteiger partial charge >= 0.3 is 0 Å². The number of carbonyl (C=O) groups is 1. The van der Waals surface area contributed by atoms with Gasteiger partial charge in [-0.1, -0.05) is 20.3 Å². The minimum Gasteiger partial charge on any atom is -0.383 e. The van der Waals surface area contributed by atoms with Crippen LogP contribution in [-0.2, 0) is 4.79 Å². The number of rotatable bonds is 5. The van der Waals surface area contributed by atoms with Gasteiger partial charge in [-0.15, -0.1) is 0 Å². The Labute approximate surface area is 68.6 Å². The summed E-state index contributed by atoms with van der Waals surface area (Å²) >= 11 is 0. The topological polar surface area (TPSA) is 37.3 Å². The predicted molar refractivity (Wildman–Crippen MR) is 45.4 cm³/mol. The van der Waals surface area contributed by atoms with E-state index in [0.29, 0.717) is 18.6 Å². The van der Waals surface area contributed by atoms with E-state index in [9.17, 15) is 9.90 Å². The highest BCUT2D eigenvalue weighted by atomic mass is 16.3. The summed E-state index contributed by atoms with van der Waals surface area (Å²) in [6.07, 6.45) is 3.19. The van der Waals surface area contributed by atoms with E-state index < -0.39 is 5.60 Å². The van der Waals surface area contributed by atoms with Crippen LogP contribution in [0.3, 0.4) is 0 Å². The zero-order chi connectivity index (χ0) is 8.91. The molecule has 0 amide bonds. The van der Waals surface area contributed by atoms with Crippen molar-refractivity contribution in [2.75, 3.05) is 0 Å². The average Bonchev–Trinajstić information content (AvgIpc) is 1.87. The zero-order valence-corrected chi connectivity index (χ0v) is 7.63. The molecule has 1 N–H and O–H groups in total. The predicted octanol–water partition coefficient (Wildman–Crippen LogP) is 1.76. The maximum atomic E-state index is 10.3. The van der Waals surface area contributed by atoms with Crippen LogP contribution in [0.25, 0.3) is 0 Å². The van der Waals surface area contributed by atoms with Crippen LogP contribution < -0.4 is 0 Å². The minimum absolute atomic E-state index is 0.578. The fraction of sp³-hybridized carbons (Fsp3) is 0.889. The molecule has 0 aliphatic rings. The van der Waals surface area contributed by atoms with Gasteiger partial charge in [0, 0.05) is 0 Å². The first-order valence-corrected chi connectivity index (χ1v) is 4.16. The molecule has 0 heterocycles. The molecule has 2 nitrogen and oxygen atoms in total. The Hall–Kier alpha value is -0.370. The van der Waals surface area contributed by atoms with E-state index in [1.54, 1.807) is 6.92 Å². The number of aliphatic hydroxyl groups is 1. The van der Waals surface area contributed by atoms with Crippen molar-refractivity contribution in [2.45, 2.75) is 45.6 Å². The summed E-state index contributed by atoms with van der Waals surface area (Å²) in [5.41, 5.74) is -1.10. The van der Waals surface area contributed by atoms with Crippen LogP contribution in [-0.4, -0.2) is 17.0 Å². The molecule has 0 aromatic rings. The van der Waals surface area contributed by atoms with Gasteiger partial charge in [-0.3, -0.25) is 0 Å². The first-order valence-electron chi connectivity index (χ1n) is 4.16. The van der Waals surface area contributed by atoms with Crippen LogP contribution in [0.15, 0.2) is 0 Å².